The summed E-state index contributed by atoms with van der Waals surface area (Å²) in [4.78, 5) is 12.2. The zero-order valence-corrected chi connectivity index (χ0v) is 15.5. The van der Waals surface area contributed by atoms with Gasteiger partial charge >= 0.3 is 0 Å². The topological polar surface area (TPSA) is 38.3 Å². The molecular formula is C18H18Cl3NO2. The highest BCUT2D eigenvalue weighted by molar-refractivity contribution is 6.43. The van der Waals surface area contributed by atoms with E-state index in [-0.39, 0.29) is 18.6 Å². The highest BCUT2D eigenvalue weighted by Gasteiger charge is 2.15. The molecule has 0 unspecified atom stereocenters. The van der Waals surface area contributed by atoms with E-state index in [9.17, 15) is 4.79 Å². The Labute approximate surface area is 156 Å². The number of halogens is 3. The summed E-state index contributed by atoms with van der Waals surface area (Å²) >= 11 is 17.8. The quantitative estimate of drug-likeness (QED) is 0.621. The molecule has 0 saturated carbocycles. The molecular weight excluding hydrogens is 369 g/mol. The highest BCUT2D eigenvalue weighted by atomic mass is 35.5. The average molecular weight is 387 g/mol. The Balaban J connectivity index is 1.98. The maximum absolute atomic E-state index is 12.2. The fraction of sp³-hybridized carbons (Fsp3) is 0.278. The minimum atomic E-state index is -0.223. The van der Waals surface area contributed by atoms with Gasteiger partial charge in [0.1, 0.15) is 5.75 Å². The van der Waals surface area contributed by atoms with Crippen molar-refractivity contribution in [1.29, 1.82) is 0 Å². The molecule has 1 N–H and O–H groups in total. The predicted octanol–water partition coefficient (Wildman–Crippen LogP) is 5.68. The molecule has 0 aliphatic carbocycles. The third-order valence-electron chi connectivity index (χ3n) is 3.45. The first-order valence-corrected chi connectivity index (χ1v) is 8.76. The lowest BCUT2D eigenvalue weighted by molar-refractivity contribution is -0.123. The van der Waals surface area contributed by atoms with Gasteiger partial charge in [-0.3, -0.25) is 4.79 Å². The summed E-state index contributed by atoms with van der Waals surface area (Å²) in [7, 11) is 0. The SMILES string of the molecule is CCC[C@H](NC(=O)COc1cc(Cl)c(Cl)cc1Cl)c1ccccc1. The fourth-order valence-corrected chi connectivity index (χ4v) is 2.88. The zero-order chi connectivity index (χ0) is 17.5. The van der Waals surface area contributed by atoms with Gasteiger partial charge in [0.2, 0.25) is 0 Å². The van der Waals surface area contributed by atoms with Gasteiger partial charge in [-0.05, 0) is 18.1 Å². The molecule has 0 bridgehead atoms. The van der Waals surface area contributed by atoms with Crippen molar-refractivity contribution in [3.63, 3.8) is 0 Å². The van der Waals surface area contributed by atoms with Gasteiger partial charge in [-0.15, -0.1) is 0 Å². The summed E-state index contributed by atoms with van der Waals surface area (Å²) in [5.74, 6) is 0.104. The van der Waals surface area contributed by atoms with Crippen molar-refractivity contribution in [3.8, 4) is 5.75 Å². The average Bonchev–Trinajstić information content (AvgIpc) is 2.57. The maximum atomic E-state index is 12.2. The molecule has 2 rings (SSSR count). The van der Waals surface area contributed by atoms with Crippen LogP contribution in [0.25, 0.3) is 0 Å². The van der Waals surface area contributed by atoms with Crippen molar-refractivity contribution in [3.05, 3.63) is 63.1 Å². The first kappa shape index (κ1) is 18.9. The van der Waals surface area contributed by atoms with Gasteiger partial charge in [0.05, 0.1) is 21.1 Å². The second kappa shape index (κ2) is 9.16. The molecule has 0 saturated heterocycles. The maximum Gasteiger partial charge on any atom is 0.258 e. The van der Waals surface area contributed by atoms with Crippen LogP contribution in [0.5, 0.6) is 5.75 Å². The summed E-state index contributed by atoms with van der Waals surface area (Å²) in [6, 6.07) is 12.8. The standard InChI is InChI=1S/C18H18Cl3NO2/c1-2-6-16(12-7-4-3-5-8-12)22-18(23)11-24-17-10-14(20)13(19)9-15(17)21/h3-5,7-10,16H,2,6,11H2,1H3,(H,22,23)/t16-/m0/s1. The number of amides is 1. The normalized spacial score (nSPS) is 11.8. The van der Waals surface area contributed by atoms with E-state index in [1.165, 1.54) is 12.1 Å². The van der Waals surface area contributed by atoms with Gasteiger partial charge in [-0.25, -0.2) is 0 Å². The minimum Gasteiger partial charge on any atom is -0.482 e. The van der Waals surface area contributed by atoms with E-state index < -0.39 is 0 Å². The Morgan fingerprint density at radius 2 is 1.75 bits per heavy atom. The summed E-state index contributed by atoms with van der Waals surface area (Å²) in [5, 5.41) is 3.96. The highest BCUT2D eigenvalue weighted by Crippen LogP contribution is 2.33. The van der Waals surface area contributed by atoms with Crippen molar-refractivity contribution in [2.45, 2.75) is 25.8 Å². The molecule has 6 heteroatoms. The van der Waals surface area contributed by atoms with E-state index >= 15 is 0 Å². The lowest BCUT2D eigenvalue weighted by atomic mass is 10.0. The molecule has 1 atom stereocenters. The Hall–Kier alpha value is -1.42. The molecule has 0 aliphatic rings. The van der Waals surface area contributed by atoms with Gasteiger partial charge in [0, 0.05) is 6.07 Å². The molecule has 24 heavy (non-hydrogen) atoms. The third-order valence-corrected chi connectivity index (χ3v) is 4.47. The van der Waals surface area contributed by atoms with Gasteiger partial charge in [-0.2, -0.15) is 0 Å². The number of carbonyl (C=O) groups is 1. The molecule has 0 heterocycles. The molecule has 0 radical (unpaired) electrons. The minimum absolute atomic E-state index is 0.0448. The monoisotopic (exact) mass is 385 g/mol. The van der Waals surface area contributed by atoms with Crippen LogP contribution in [-0.4, -0.2) is 12.5 Å². The van der Waals surface area contributed by atoms with E-state index in [0.717, 1.165) is 18.4 Å². The van der Waals surface area contributed by atoms with Crippen LogP contribution in [0, 0.1) is 0 Å². The number of hydrogen-bond acceptors (Lipinski definition) is 2. The molecule has 128 valence electrons. The van der Waals surface area contributed by atoms with E-state index in [4.69, 9.17) is 39.5 Å². The largest absolute Gasteiger partial charge is 0.482 e. The van der Waals surface area contributed by atoms with Crippen molar-refractivity contribution < 1.29 is 9.53 Å². The van der Waals surface area contributed by atoms with Crippen LogP contribution in [0.15, 0.2) is 42.5 Å². The van der Waals surface area contributed by atoms with Gasteiger partial charge < -0.3 is 10.1 Å². The van der Waals surface area contributed by atoms with Crippen LogP contribution in [0.3, 0.4) is 0 Å². The molecule has 0 aliphatic heterocycles. The third kappa shape index (κ3) is 5.30. The Kier molecular flexibility index (Phi) is 7.22. The van der Waals surface area contributed by atoms with Crippen LogP contribution >= 0.6 is 34.8 Å². The second-order valence-electron chi connectivity index (χ2n) is 5.30. The molecule has 2 aromatic carbocycles. The number of carbonyl (C=O) groups excluding carboxylic acids is 1. The van der Waals surface area contributed by atoms with E-state index in [1.807, 2.05) is 30.3 Å². The molecule has 2 aromatic rings. The van der Waals surface area contributed by atoms with Crippen LogP contribution < -0.4 is 10.1 Å². The summed E-state index contributed by atoms with van der Waals surface area (Å²) < 4.78 is 5.46. The van der Waals surface area contributed by atoms with Crippen molar-refractivity contribution in [1.82, 2.24) is 5.32 Å². The van der Waals surface area contributed by atoms with Crippen molar-refractivity contribution in [2.75, 3.05) is 6.61 Å². The first-order valence-electron chi connectivity index (χ1n) is 7.63. The number of hydrogen-bond donors (Lipinski definition) is 1. The number of benzene rings is 2. The fourth-order valence-electron chi connectivity index (χ4n) is 2.29. The van der Waals surface area contributed by atoms with Crippen LogP contribution in [0.4, 0.5) is 0 Å². The van der Waals surface area contributed by atoms with Gasteiger partial charge in [0.25, 0.3) is 5.91 Å². The van der Waals surface area contributed by atoms with Crippen LogP contribution in [0.1, 0.15) is 31.4 Å². The summed E-state index contributed by atoms with van der Waals surface area (Å²) in [5.41, 5.74) is 1.07. The Morgan fingerprint density at radius 3 is 2.42 bits per heavy atom. The smallest absolute Gasteiger partial charge is 0.258 e. The number of rotatable bonds is 7. The lowest BCUT2D eigenvalue weighted by Gasteiger charge is -2.19. The Bertz CT molecular complexity index is 692. The van der Waals surface area contributed by atoms with Crippen molar-refractivity contribution >= 4 is 40.7 Å². The van der Waals surface area contributed by atoms with Crippen molar-refractivity contribution in [2.24, 2.45) is 0 Å². The molecule has 0 aromatic heterocycles. The van der Waals surface area contributed by atoms with Gasteiger partial charge in [-0.1, -0.05) is 78.5 Å². The Morgan fingerprint density at radius 1 is 1.08 bits per heavy atom. The lowest BCUT2D eigenvalue weighted by Crippen LogP contribution is -2.32. The zero-order valence-electron chi connectivity index (χ0n) is 13.2. The number of ether oxygens (including phenoxy) is 1. The van der Waals surface area contributed by atoms with E-state index in [2.05, 4.69) is 12.2 Å². The summed E-state index contributed by atoms with van der Waals surface area (Å²) in [6.07, 6.45) is 1.81. The van der Waals surface area contributed by atoms with E-state index in [1.54, 1.807) is 0 Å². The molecule has 3 nitrogen and oxygen atoms in total. The van der Waals surface area contributed by atoms with Crippen LogP contribution in [0.2, 0.25) is 15.1 Å². The second-order valence-corrected chi connectivity index (χ2v) is 6.53. The first-order chi connectivity index (χ1) is 11.5. The molecule has 0 spiro atoms. The molecule has 1 amide bonds. The number of nitrogens with one attached hydrogen (secondary N) is 1. The van der Waals surface area contributed by atoms with E-state index in [0.29, 0.717) is 20.8 Å². The molecule has 0 fully saturated rings. The van der Waals surface area contributed by atoms with Crippen LogP contribution in [-0.2, 0) is 4.79 Å². The predicted molar refractivity (Wildman–Crippen MR) is 99.2 cm³/mol. The summed E-state index contributed by atoms with van der Waals surface area (Å²) in [6.45, 7) is 1.93. The van der Waals surface area contributed by atoms with Gasteiger partial charge in [0.15, 0.2) is 6.61 Å².